The summed E-state index contributed by atoms with van der Waals surface area (Å²) in [6, 6.07) is 0. The minimum Gasteiger partial charge on any atom is -0.477 e. The maximum atomic E-state index is 11.4. The van der Waals surface area contributed by atoms with Gasteiger partial charge >= 0.3 is 5.97 Å². The number of rotatable bonds is 3. The SMILES string of the molecule is Cc1csc(C(=O)O)c1S(=O)(=O)N=[N+]=[N-]. The normalized spacial score (nSPS) is 10.7. The van der Waals surface area contributed by atoms with Crippen LogP contribution >= 0.6 is 11.3 Å². The minimum absolute atomic E-state index is 0.254. The Balaban J connectivity index is 3.56. The van der Waals surface area contributed by atoms with Crippen LogP contribution < -0.4 is 0 Å². The fourth-order valence-corrected chi connectivity index (χ4v) is 3.27. The molecule has 9 heteroatoms. The van der Waals surface area contributed by atoms with Crippen molar-refractivity contribution in [2.75, 3.05) is 0 Å². The number of carboxylic acid groups (broad SMARTS) is 1. The molecule has 0 saturated heterocycles. The summed E-state index contributed by atoms with van der Waals surface area (Å²) in [5, 5.41) is 10.1. The van der Waals surface area contributed by atoms with Crippen molar-refractivity contribution < 1.29 is 18.3 Å². The third-order valence-electron chi connectivity index (χ3n) is 1.51. The summed E-state index contributed by atoms with van der Waals surface area (Å²) in [4.78, 5) is 12.1. The van der Waals surface area contributed by atoms with Crippen molar-refractivity contribution in [3.05, 3.63) is 26.3 Å². The largest absolute Gasteiger partial charge is 0.477 e. The Morgan fingerprint density at radius 2 is 2.27 bits per heavy atom. The number of azide groups is 1. The number of aryl methyl sites for hydroxylation is 1. The maximum Gasteiger partial charge on any atom is 0.347 e. The smallest absolute Gasteiger partial charge is 0.347 e. The highest BCUT2D eigenvalue weighted by Gasteiger charge is 2.25. The van der Waals surface area contributed by atoms with Gasteiger partial charge in [-0.3, -0.25) is 0 Å². The molecule has 1 rings (SSSR count). The van der Waals surface area contributed by atoms with Gasteiger partial charge in [-0.05, 0) is 23.4 Å². The molecule has 1 heterocycles. The molecule has 0 radical (unpaired) electrons. The minimum atomic E-state index is -4.24. The molecular weight excluding hydrogens is 242 g/mol. The molecule has 0 aliphatic carbocycles. The first kappa shape index (κ1) is 11.5. The van der Waals surface area contributed by atoms with Gasteiger partial charge in [0.25, 0.3) is 10.0 Å². The average Bonchev–Trinajstić information content (AvgIpc) is 2.47. The lowest BCUT2D eigenvalue weighted by Crippen LogP contribution is -2.04. The Kier molecular flexibility index (Phi) is 2.98. The second-order valence-electron chi connectivity index (χ2n) is 2.53. The van der Waals surface area contributed by atoms with E-state index >= 15 is 0 Å². The predicted octanol–water partition coefficient (Wildman–Crippen LogP) is 1.75. The van der Waals surface area contributed by atoms with Crippen molar-refractivity contribution in [3.8, 4) is 0 Å². The lowest BCUT2D eigenvalue weighted by molar-refractivity contribution is 0.0698. The van der Waals surface area contributed by atoms with E-state index in [0.717, 1.165) is 11.3 Å². The molecule has 15 heavy (non-hydrogen) atoms. The Morgan fingerprint density at radius 3 is 2.73 bits per heavy atom. The summed E-state index contributed by atoms with van der Waals surface area (Å²) in [6.07, 6.45) is 0. The first-order valence-corrected chi connectivity index (χ1v) is 5.85. The van der Waals surface area contributed by atoms with Crippen molar-refractivity contribution in [3.63, 3.8) is 0 Å². The number of hydrogen-bond acceptors (Lipinski definition) is 4. The monoisotopic (exact) mass is 247 g/mol. The van der Waals surface area contributed by atoms with Gasteiger partial charge in [0.2, 0.25) is 0 Å². The summed E-state index contributed by atoms with van der Waals surface area (Å²) >= 11 is 0.775. The lowest BCUT2D eigenvalue weighted by Gasteiger charge is -1.97. The highest BCUT2D eigenvalue weighted by atomic mass is 32.2. The van der Waals surface area contributed by atoms with Crippen molar-refractivity contribution in [2.24, 2.45) is 4.52 Å². The molecule has 1 aromatic heterocycles. The number of carbonyl (C=O) groups is 1. The van der Waals surface area contributed by atoms with Gasteiger partial charge in [-0.1, -0.05) is 0 Å². The van der Waals surface area contributed by atoms with Crippen LogP contribution in [0.3, 0.4) is 0 Å². The average molecular weight is 247 g/mol. The molecule has 0 saturated carbocycles. The van der Waals surface area contributed by atoms with Crippen LogP contribution in [0.25, 0.3) is 10.4 Å². The third-order valence-corrected chi connectivity index (χ3v) is 4.06. The summed E-state index contributed by atoms with van der Waals surface area (Å²) in [5.74, 6) is -1.36. The van der Waals surface area contributed by atoms with E-state index in [4.69, 9.17) is 10.6 Å². The van der Waals surface area contributed by atoms with E-state index in [2.05, 4.69) is 9.43 Å². The van der Waals surface area contributed by atoms with Crippen molar-refractivity contribution in [1.82, 2.24) is 0 Å². The van der Waals surface area contributed by atoms with E-state index in [1.165, 1.54) is 12.3 Å². The molecule has 0 unspecified atom stereocenters. The molecule has 0 fully saturated rings. The zero-order valence-corrected chi connectivity index (χ0v) is 9.04. The molecule has 1 aromatic rings. The first-order valence-electron chi connectivity index (χ1n) is 3.53. The molecule has 0 atom stereocenters. The number of carboxylic acids is 1. The molecule has 0 amide bonds. The second-order valence-corrected chi connectivity index (χ2v) is 4.93. The van der Waals surface area contributed by atoms with Gasteiger partial charge in [-0.2, -0.15) is 0 Å². The van der Waals surface area contributed by atoms with Gasteiger partial charge in [0, 0.05) is 9.43 Å². The Morgan fingerprint density at radius 1 is 1.67 bits per heavy atom. The van der Waals surface area contributed by atoms with Gasteiger partial charge in [-0.15, -0.1) is 11.3 Å². The number of aromatic carboxylic acids is 1. The molecule has 0 bridgehead atoms. The van der Waals surface area contributed by atoms with Crippen LogP contribution in [0.2, 0.25) is 0 Å². The van der Waals surface area contributed by atoms with Crippen molar-refractivity contribution in [1.29, 1.82) is 0 Å². The molecule has 7 nitrogen and oxygen atoms in total. The summed E-state index contributed by atoms with van der Waals surface area (Å²) < 4.78 is 25.3. The molecule has 0 aliphatic rings. The summed E-state index contributed by atoms with van der Waals surface area (Å²) in [5.41, 5.74) is 8.31. The fraction of sp³-hybridized carbons (Fsp3) is 0.167. The van der Waals surface area contributed by atoms with Crippen LogP contribution in [0.5, 0.6) is 0 Å². The summed E-state index contributed by atoms with van der Waals surface area (Å²) in [7, 11) is -4.24. The van der Waals surface area contributed by atoms with Crippen molar-refractivity contribution in [2.45, 2.75) is 11.8 Å². The van der Waals surface area contributed by atoms with Crippen LogP contribution in [0.1, 0.15) is 15.2 Å². The van der Waals surface area contributed by atoms with Crippen LogP contribution in [0, 0.1) is 6.92 Å². The van der Waals surface area contributed by atoms with E-state index < -0.39 is 20.9 Å². The standard InChI is InChI=1S/C6H5N3O4S2/c1-3-2-14-4(6(10)11)5(3)15(12,13)9-8-7/h2H,1H3,(H,10,11). The van der Waals surface area contributed by atoms with Gasteiger partial charge in [0.15, 0.2) is 0 Å². The maximum absolute atomic E-state index is 11.4. The zero-order valence-electron chi connectivity index (χ0n) is 7.41. The number of thiophene rings is 1. The zero-order chi connectivity index (χ0) is 11.6. The topological polar surface area (TPSA) is 120 Å². The van der Waals surface area contributed by atoms with Gasteiger partial charge in [0.05, 0.1) is 0 Å². The lowest BCUT2D eigenvalue weighted by atomic mass is 10.3. The van der Waals surface area contributed by atoms with Crippen LogP contribution in [-0.4, -0.2) is 19.5 Å². The first-order chi connectivity index (χ1) is 6.90. The van der Waals surface area contributed by atoms with Crippen LogP contribution in [0.4, 0.5) is 0 Å². The second kappa shape index (κ2) is 3.89. The van der Waals surface area contributed by atoms with Gasteiger partial charge in [-0.25, -0.2) is 13.2 Å². The quantitative estimate of drug-likeness (QED) is 0.496. The third kappa shape index (κ3) is 2.09. The Bertz CT molecular complexity index is 553. The molecular formula is C6H5N3O4S2. The van der Waals surface area contributed by atoms with Crippen LogP contribution in [0.15, 0.2) is 14.8 Å². The van der Waals surface area contributed by atoms with E-state index in [9.17, 15) is 13.2 Å². The number of sulfonamides is 1. The molecule has 1 N–H and O–H groups in total. The van der Waals surface area contributed by atoms with Gasteiger partial charge in [0.1, 0.15) is 9.77 Å². The van der Waals surface area contributed by atoms with Gasteiger partial charge < -0.3 is 5.11 Å². The fourth-order valence-electron chi connectivity index (χ4n) is 0.990. The molecule has 80 valence electrons. The highest BCUT2D eigenvalue weighted by molar-refractivity contribution is 7.90. The van der Waals surface area contributed by atoms with Crippen LogP contribution in [-0.2, 0) is 10.0 Å². The molecule has 0 aromatic carbocycles. The molecule has 0 aliphatic heterocycles. The molecule has 0 spiro atoms. The summed E-state index contributed by atoms with van der Waals surface area (Å²) in [6.45, 7) is 1.43. The highest BCUT2D eigenvalue weighted by Crippen LogP contribution is 2.28. The Labute approximate surface area is 88.7 Å². The van der Waals surface area contributed by atoms with E-state index in [1.807, 2.05) is 0 Å². The predicted molar refractivity (Wildman–Crippen MR) is 52.3 cm³/mol. The van der Waals surface area contributed by atoms with Crippen molar-refractivity contribution >= 4 is 27.3 Å². The van der Waals surface area contributed by atoms with E-state index in [1.54, 1.807) is 0 Å². The van der Waals surface area contributed by atoms with E-state index in [-0.39, 0.29) is 10.4 Å². The number of nitrogens with zero attached hydrogens (tertiary/aromatic N) is 3. The van der Waals surface area contributed by atoms with E-state index in [0.29, 0.717) is 0 Å². The number of hydrogen-bond donors (Lipinski definition) is 1. The Hall–Kier alpha value is -1.57.